The molecule has 0 heterocycles. The second kappa shape index (κ2) is 6.15. The van der Waals surface area contributed by atoms with Gasteiger partial charge in [-0.1, -0.05) is 37.8 Å². The van der Waals surface area contributed by atoms with Crippen molar-refractivity contribution in [1.29, 1.82) is 0 Å². The Morgan fingerprint density at radius 3 is 2.89 bits per heavy atom. The van der Waals surface area contributed by atoms with Crippen molar-refractivity contribution in [2.45, 2.75) is 51.0 Å². The Morgan fingerprint density at radius 2 is 2.21 bits per heavy atom. The highest BCUT2D eigenvalue weighted by atomic mass is 35.5. The molecule has 106 valence electrons. The molecule has 0 saturated heterocycles. The third kappa shape index (κ3) is 3.24. The van der Waals surface area contributed by atoms with Crippen molar-refractivity contribution in [3.63, 3.8) is 0 Å². The average Bonchev–Trinajstić information content (AvgIpc) is 2.39. The molecule has 0 radical (unpaired) electrons. The Morgan fingerprint density at radius 1 is 1.42 bits per heavy atom. The first-order chi connectivity index (χ1) is 9.09. The van der Waals surface area contributed by atoms with Crippen LogP contribution in [0.2, 0.25) is 5.02 Å². The molecule has 1 aliphatic rings. The van der Waals surface area contributed by atoms with Gasteiger partial charge in [0, 0.05) is 10.6 Å². The van der Waals surface area contributed by atoms with E-state index < -0.39 is 0 Å². The van der Waals surface area contributed by atoms with Gasteiger partial charge in [0.25, 0.3) is 0 Å². The normalized spacial score (nSPS) is 27.3. The number of hydrogen-bond acceptors (Lipinski definition) is 2. The van der Waals surface area contributed by atoms with Crippen LogP contribution in [0.3, 0.4) is 0 Å². The van der Waals surface area contributed by atoms with E-state index in [1.807, 2.05) is 18.2 Å². The van der Waals surface area contributed by atoms with Gasteiger partial charge < -0.3 is 10.5 Å². The van der Waals surface area contributed by atoms with E-state index in [1.54, 1.807) is 7.11 Å². The number of benzene rings is 1. The van der Waals surface area contributed by atoms with Crippen LogP contribution in [0.5, 0.6) is 5.75 Å². The molecule has 2 atom stereocenters. The highest BCUT2D eigenvalue weighted by Gasteiger charge is 2.36. The van der Waals surface area contributed by atoms with Gasteiger partial charge in [-0.2, -0.15) is 0 Å². The van der Waals surface area contributed by atoms with Gasteiger partial charge in [-0.3, -0.25) is 0 Å². The summed E-state index contributed by atoms with van der Waals surface area (Å²) in [5, 5.41) is 0.753. The fourth-order valence-corrected chi connectivity index (χ4v) is 3.61. The van der Waals surface area contributed by atoms with Gasteiger partial charge in [0.1, 0.15) is 5.75 Å². The Labute approximate surface area is 121 Å². The van der Waals surface area contributed by atoms with E-state index in [4.69, 9.17) is 22.1 Å². The summed E-state index contributed by atoms with van der Waals surface area (Å²) in [6.45, 7) is 2.24. The number of ether oxygens (including phenoxy) is 1. The highest BCUT2D eigenvalue weighted by molar-refractivity contribution is 6.30. The lowest BCUT2D eigenvalue weighted by molar-refractivity contribution is 0.181. The van der Waals surface area contributed by atoms with Crippen molar-refractivity contribution >= 4 is 11.6 Å². The Balaban J connectivity index is 2.25. The molecule has 1 saturated carbocycles. The standard InChI is InChI=1S/C16H24ClNO/c1-3-13-6-4-5-9-16(13,18)11-12-10-14(17)7-8-15(12)19-2/h7-8,10,13H,3-6,9,11,18H2,1-2H3. The zero-order chi connectivity index (χ0) is 13.9. The van der Waals surface area contributed by atoms with Gasteiger partial charge in [0.05, 0.1) is 7.11 Å². The van der Waals surface area contributed by atoms with Crippen molar-refractivity contribution in [2.75, 3.05) is 7.11 Å². The van der Waals surface area contributed by atoms with Crippen molar-refractivity contribution < 1.29 is 4.74 Å². The summed E-state index contributed by atoms with van der Waals surface area (Å²) in [5.74, 6) is 1.50. The van der Waals surface area contributed by atoms with Crippen LogP contribution in [0.15, 0.2) is 18.2 Å². The molecule has 0 aliphatic heterocycles. The molecule has 19 heavy (non-hydrogen) atoms. The summed E-state index contributed by atoms with van der Waals surface area (Å²) >= 11 is 6.11. The van der Waals surface area contributed by atoms with Crippen LogP contribution < -0.4 is 10.5 Å². The Hall–Kier alpha value is -0.730. The van der Waals surface area contributed by atoms with E-state index in [0.717, 1.165) is 35.6 Å². The van der Waals surface area contributed by atoms with Gasteiger partial charge in [0.2, 0.25) is 0 Å². The van der Waals surface area contributed by atoms with E-state index in [-0.39, 0.29) is 5.54 Å². The molecular formula is C16H24ClNO. The second-order valence-electron chi connectivity index (χ2n) is 5.72. The first-order valence-corrected chi connectivity index (χ1v) is 7.58. The molecule has 1 aromatic carbocycles. The molecule has 3 heteroatoms. The molecule has 1 aliphatic carbocycles. The molecule has 2 nitrogen and oxygen atoms in total. The fourth-order valence-electron chi connectivity index (χ4n) is 3.42. The number of rotatable bonds is 4. The number of nitrogens with two attached hydrogens (primary N) is 1. The summed E-state index contributed by atoms with van der Waals surface area (Å²) in [6, 6.07) is 5.80. The lowest BCUT2D eigenvalue weighted by atomic mass is 9.69. The van der Waals surface area contributed by atoms with Gasteiger partial charge in [-0.15, -0.1) is 0 Å². The maximum absolute atomic E-state index is 6.72. The lowest BCUT2D eigenvalue weighted by Crippen LogP contribution is -2.50. The van der Waals surface area contributed by atoms with Crippen LogP contribution in [0, 0.1) is 5.92 Å². The fraction of sp³-hybridized carbons (Fsp3) is 0.625. The van der Waals surface area contributed by atoms with Crippen molar-refractivity contribution in [3.8, 4) is 5.75 Å². The largest absolute Gasteiger partial charge is 0.496 e. The lowest BCUT2D eigenvalue weighted by Gasteiger charge is -2.41. The first-order valence-electron chi connectivity index (χ1n) is 7.20. The quantitative estimate of drug-likeness (QED) is 0.898. The minimum Gasteiger partial charge on any atom is -0.496 e. The summed E-state index contributed by atoms with van der Waals surface area (Å²) < 4.78 is 5.44. The van der Waals surface area contributed by atoms with E-state index in [1.165, 1.54) is 19.3 Å². The molecule has 0 bridgehead atoms. The molecular weight excluding hydrogens is 258 g/mol. The molecule has 2 rings (SSSR count). The molecule has 2 unspecified atom stereocenters. The van der Waals surface area contributed by atoms with E-state index >= 15 is 0 Å². The van der Waals surface area contributed by atoms with Crippen LogP contribution in [0.4, 0.5) is 0 Å². The van der Waals surface area contributed by atoms with Crippen LogP contribution in [0.1, 0.15) is 44.6 Å². The number of hydrogen-bond donors (Lipinski definition) is 1. The summed E-state index contributed by atoms with van der Waals surface area (Å²) in [6.07, 6.45) is 6.89. The third-order valence-electron chi connectivity index (χ3n) is 4.51. The summed E-state index contributed by atoms with van der Waals surface area (Å²) in [5.41, 5.74) is 7.75. The molecule has 0 amide bonds. The van der Waals surface area contributed by atoms with Crippen LogP contribution in [0.25, 0.3) is 0 Å². The van der Waals surface area contributed by atoms with Crippen LogP contribution in [-0.4, -0.2) is 12.6 Å². The maximum atomic E-state index is 6.72. The second-order valence-corrected chi connectivity index (χ2v) is 6.15. The maximum Gasteiger partial charge on any atom is 0.122 e. The minimum atomic E-state index is -0.106. The minimum absolute atomic E-state index is 0.106. The van der Waals surface area contributed by atoms with Crippen LogP contribution in [-0.2, 0) is 6.42 Å². The van der Waals surface area contributed by atoms with Gasteiger partial charge in [-0.05, 0) is 48.9 Å². The topological polar surface area (TPSA) is 35.2 Å². The average molecular weight is 282 g/mol. The molecule has 1 aromatic rings. The molecule has 0 aromatic heterocycles. The zero-order valence-corrected chi connectivity index (χ0v) is 12.7. The van der Waals surface area contributed by atoms with Gasteiger partial charge in [-0.25, -0.2) is 0 Å². The summed E-state index contributed by atoms with van der Waals surface area (Å²) in [4.78, 5) is 0. The Kier molecular flexibility index (Phi) is 4.75. The van der Waals surface area contributed by atoms with E-state index in [9.17, 15) is 0 Å². The predicted molar refractivity (Wildman–Crippen MR) is 80.9 cm³/mol. The smallest absolute Gasteiger partial charge is 0.122 e. The Bertz CT molecular complexity index is 435. The number of halogens is 1. The predicted octanol–water partition coefficient (Wildman–Crippen LogP) is 4.19. The number of methoxy groups -OCH3 is 1. The SMILES string of the molecule is CCC1CCCCC1(N)Cc1cc(Cl)ccc1OC. The molecule has 0 spiro atoms. The first kappa shape index (κ1) is 14.7. The molecule has 1 fully saturated rings. The molecule has 2 N–H and O–H groups in total. The van der Waals surface area contributed by atoms with E-state index in [0.29, 0.717) is 5.92 Å². The summed E-state index contributed by atoms with van der Waals surface area (Å²) in [7, 11) is 1.70. The monoisotopic (exact) mass is 281 g/mol. The zero-order valence-electron chi connectivity index (χ0n) is 11.9. The van der Waals surface area contributed by atoms with E-state index in [2.05, 4.69) is 6.92 Å². The highest BCUT2D eigenvalue weighted by Crippen LogP contribution is 2.38. The third-order valence-corrected chi connectivity index (χ3v) is 4.75. The van der Waals surface area contributed by atoms with Crippen molar-refractivity contribution in [2.24, 2.45) is 11.7 Å². The van der Waals surface area contributed by atoms with Crippen LogP contribution >= 0.6 is 11.6 Å². The van der Waals surface area contributed by atoms with Crippen molar-refractivity contribution in [1.82, 2.24) is 0 Å². The van der Waals surface area contributed by atoms with Gasteiger partial charge >= 0.3 is 0 Å². The van der Waals surface area contributed by atoms with Crippen molar-refractivity contribution in [3.05, 3.63) is 28.8 Å². The van der Waals surface area contributed by atoms with Gasteiger partial charge in [0.15, 0.2) is 0 Å².